The van der Waals surface area contributed by atoms with Gasteiger partial charge in [-0.3, -0.25) is 9.59 Å². The van der Waals surface area contributed by atoms with Crippen molar-refractivity contribution in [2.75, 3.05) is 19.0 Å². The van der Waals surface area contributed by atoms with Crippen LogP contribution in [0.15, 0.2) is 18.2 Å². The zero-order valence-corrected chi connectivity index (χ0v) is 12.5. The van der Waals surface area contributed by atoms with E-state index in [2.05, 4.69) is 0 Å². The van der Waals surface area contributed by atoms with Crippen molar-refractivity contribution in [2.45, 2.75) is 37.6 Å². The highest BCUT2D eigenvalue weighted by molar-refractivity contribution is 6.07. The number of likely N-dealkylation sites (N-methyl/N-ethyl adjacent to an activating group) is 1. The van der Waals surface area contributed by atoms with Crippen molar-refractivity contribution in [3.8, 4) is 0 Å². The van der Waals surface area contributed by atoms with Crippen molar-refractivity contribution in [2.24, 2.45) is 0 Å². The van der Waals surface area contributed by atoms with Crippen molar-refractivity contribution < 1.29 is 14.0 Å². The van der Waals surface area contributed by atoms with Crippen LogP contribution < -0.4 is 4.90 Å². The maximum atomic E-state index is 13.6. The molecule has 5 heteroatoms. The van der Waals surface area contributed by atoms with Gasteiger partial charge in [0.2, 0.25) is 11.8 Å². The average Bonchev–Trinajstić information content (AvgIpc) is 2.85. The Hall–Kier alpha value is -1.91. The lowest BCUT2D eigenvalue weighted by atomic mass is 9.77. The maximum Gasteiger partial charge on any atom is 0.237 e. The molecule has 2 unspecified atom stereocenters. The van der Waals surface area contributed by atoms with Gasteiger partial charge in [0.25, 0.3) is 0 Å². The Balaban J connectivity index is 1.99. The quantitative estimate of drug-likeness (QED) is 0.836. The third-order valence-corrected chi connectivity index (χ3v) is 4.97. The van der Waals surface area contributed by atoms with Gasteiger partial charge in [0.05, 0.1) is 5.41 Å². The van der Waals surface area contributed by atoms with E-state index in [1.165, 1.54) is 12.1 Å². The largest absolute Gasteiger partial charge is 0.343 e. The van der Waals surface area contributed by atoms with Crippen LogP contribution in [0.1, 0.15) is 31.7 Å². The van der Waals surface area contributed by atoms with Crippen LogP contribution >= 0.6 is 0 Å². The van der Waals surface area contributed by atoms with Gasteiger partial charge in [-0.15, -0.1) is 0 Å². The zero-order valence-electron chi connectivity index (χ0n) is 12.5. The SMILES string of the molecule is CN1C(=O)C(C)(CC2CCC(=O)N2C)c2cc(F)ccc21. The number of rotatable bonds is 2. The number of benzene rings is 1. The average molecular weight is 290 g/mol. The third kappa shape index (κ3) is 1.94. The van der Waals surface area contributed by atoms with Gasteiger partial charge in [-0.25, -0.2) is 4.39 Å². The summed E-state index contributed by atoms with van der Waals surface area (Å²) < 4.78 is 13.6. The van der Waals surface area contributed by atoms with E-state index >= 15 is 0 Å². The summed E-state index contributed by atoms with van der Waals surface area (Å²) in [5, 5.41) is 0. The molecule has 0 aromatic heterocycles. The Morgan fingerprint density at radius 2 is 2.05 bits per heavy atom. The first-order chi connectivity index (χ1) is 9.84. The van der Waals surface area contributed by atoms with Crippen molar-refractivity contribution in [3.63, 3.8) is 0 Å². The van der Waals surface area contributed by atoms with Gasteiger partial charge in [-0.05, 0) is 43.5 Å². The fourth-order valence-electron chi connectivity index (χ4n) is 3.61. The van der Waals surface area contributed by atoms with E-state index in [9.17, 15) is 14.0 Å². The van der Waals surface area contributed by atoms with Crippen LogP contribution in [0.4, 0.5) is 10.1 Å². The molecule has 2 aliphatic rings. The molecule has 0 N–H and O–H groups in total. The predicted octanol–water partition coefficient (Wildman–Crippen LogP) is 2.07. The summed E-state index contributed by atoms with van der Waals surface area (Å²) in [5.74, 6) is -0.253. The van der Waals surface area contributed by atoms with Gasteiger partial charge in [0.15, 0.2) is 0 Å². The van der Waals surface area contributed by atoms with Gasteiger partial charge in [-0.2, -0.15) is 0 Å². The molecule has 21 heavy (non-hydrogen) atoms. The Morgan fingerprint density at radius 3 is 2.67 bits per heavy atom. The van der Waals surface area contributed by atoms with Crippen LogP contribution in [-0.2, 0) is 15.0 Å². The van der Waals surface area contributed by atoms with Crippen LogP contribution in [0.25, 0.3) is 0 Å². The monoisotopic (exact) mass is 290 g/mol. The lowest BCUT2D eigenvalue weighted by molar-refractivity contribution is -0.129. The Labute approximate surface area is 123 Å². The van der Waals surface area contributed by atoms with E-state index in [1.807, 2.05) is 6.92 Å². The number of halogens is 1. The molecule has 1 fully saturated rings. The molecule has 112 valence electrons. The minimum Gasteiger partial charge on any atom is -0.343 e. The number of hydrogen-bond donors (Lipinski definition) is 0. The molecular formula is C16H19FN2O2. The van der Waals surface area contributed by atoms with Crippen molar-refractivity contribution in [1.82, 2.24) is 4.90 Å². The Morgan fingerprint density at radius 1 is 1.33 bits per heavy atom. The van der Waals surface area contributed by atoms with E-state index in [0.29, 0.717) is 12.8 Å². The van der Waals surface area contributed by atoms with E-state index in [-0.39, 0.29) is 23.7 Å². The van der Waals surface area contributed by atoms with E-state index in [0.717, 1.165) is 17.7 Å². The Bertz CT molecular complexity index is 631. The molecule has 3 rings (SSSR count). The second-order valence-electron chi connectivity index (χ2n) is 6.26. The van der Waals surface area contributed by atoms with Gasteiger partial charge in [-0.1, -0.05) is 0 Å². The molecule has 0 saturated carbocycles. The number of amides is 2. The van der Waals surface area contributed by atoms with Gasteiger partial charge < -0.3 is 9.80 Å². The minimum atomic E-state index is -0.768. The molecule has 0 radical (unpaired) electrons. The number of fused-ring (bicyclic) bond motifs is 1. The second-order valence-corrected chi connectivity index (χ2v) is 6.26. The number of anilines is 1. The molecule has 1 aromatic rings. The summed E-state index contributed by atoms with van der Waals surface area (Å²) >= 11 is 0. The molecular weight excluding hydrogens is 271 g/mol. The minimum absolute atomic E-state index is 0.0316. The topological polar surface area (TPSA) is 40.6 Å². The molecule has 0 aliphatic carbocycles. The number of likely N-dealkylation sites (tertiary alicyclic amines) is 1. The highest BCUT2D eigenvalue weighted by Gasteiger charge is 2.48. The summed E-state index contributed by atoms with van der Waals surface area (Å²) in [6, 6.07) is 4.51. The smallest absolute Gasteiger partial charge is 0.237 e. The van der Waals surface area contributed by atoms with Crippen LogP contribution in [0.5, 0.6) is 0 Å². The molecule has 0 spiro atoms. The molecule has 1 aromatic carbocycles. The standard InChI is InChI=1S/C16H19FN2O2/c1-16(9-11-5-7-14(20)18(11)2)12-8-10(17)4-6-13(12)19(3)15(16)21/h4,6,8,11H,5,7,9H2,1-3H3. The summed E-state index contributed by atoms with van der Waals surface area (Å²) in [6.45, 7) is 1.85. The molecule has 2 amide bonds. The van der Waals surface area contributed by atoms with Crippen LogP contribution in [0.2, 0.25) is 0 Å². The summed E-state index contributed by atoms with van der Waals surface area (Å²) in [5.41, 5.74) is 0.717. The summed E-state index contributed by atoms with van der Waals surface area (Å²) in [6.07, 6.45) is 1.82. The lowest BCUT2D eigenvalue weighted by Crippen LogP contribution is -2.42. The molecule has 0 bridgehead atoms. The normalized spacial score (nSPS) is 28.5. The first-order valence-electron chi connectivity index (χ1n) is 7.18. The van der Waals surface area contributed by atoms with Crippen molar-refractivity contribution >= 4 is 17.5 Å². The fourth-order valence-corrected chi connectivity index (χ4v) is 3.61. The number of hydrogen-bond acceptors (Lipinski definition) is 2. The first kappa shape index (κ1) is 14.0. The maximum absolute atomic E-state index is 13.6. The first-order valence-corrected chi connectivity index (χ1v) is 7.18. The number of carbonyl (C=O) groups excluding carboxylic acids is 2. The summed E-state index contributed by atoms with van der Waals surface area (Å²) in [4.78, 5) is 27.7. The fraction of sp³-hybridized carbons (Fsp3) is 0.500. The highest BCUT2D eigenvalue weighted by Crippen LogP contribution is 2.45. The zero-order chi connectivity index (χ0) is 15.4. The molecule has 1 saturated heterocycles. The van der Waals surface area contributed by atoms with Crippen LogP contribution in [-0.4, -0.2) is 36.9 Å². The number of carbonyl (C=O) groups is 2. The van der Waals surface area contributed by atoms with Crippen LogP contribution in [0, 0.1) is 5.82 Å². The molecule has 2 heterocycles. The van der Waals surface area contributed by atoms with Gasteiger partial charge >= 0.3 is 0 Å². The Kier molecular flexibility index (Phi) is 3.04. The summed E-state index contributed by atoms with van der Waals surface area (Å²) in [7, 11) is 3.49. The second kappa shape index (κ2) is 4.55. The van der Waals surface area contributed by atoms with E-state index < -0.39 is 5.41 Å². The molecule has 4 nitrogen and oxygen atoms in total. The van der Waals surface area contributed by atoms with Crippen LogP contribution in [0.3, 0.4) is 0 Å². The predicted molar refractivity (Wildman–Crippen MR) is 77.6 cm³/mol. The van der Waals surface area contributed by atoms with Crippen molar-refractivity contribution in [3.05, 3.63) is 29.6 Å². The van der Waals surface area contributed by atoms with Gasteiger partial charge in [0, 0.05) is 32.2 Å². The highest BCUT2D eigenvalue weighted by atomic mass is 19.1. The van der Waals surface area contributed by atoms with Crippen molar-refractivity contribution in [1.29, 1.82) is 0 Å². The number of nitrogens with zero attached hydrogens (tertiary/aromatic N) is 2. The van der Waals surface area contributed by atoms with E-state index in [4.69, 9.17) is 0 Å². The molecule has 2 atom stereocenters. The lowest BCUT2D eigenvalue weighted by Gasteiger charge is -2.30. The van der Waals surface area contributed by atoms with Gasteiger partial charge in [0.1, 0.15) is 5.82 Å². The molecule has 2 aliphatic heterocycles. The van der Waals surface area contributed by atoms with E-state index in [1.54, 1.807) is 30.0 Å². The third-order valence-electron chi connectivity index (χ3n) is 4.97.